The van der Waals surface area contributed by atoms with Gasteiger partial charge in [-0.15, -0.1) is 11.3 Å². The number of hydrogen-bond acceptors (Lipinski definition) is 5. The van der Waals surface area contributed by atoms with E-state index in [4.69, 9.17) is 0 Å². The number of hydrogen-bond donors (Lipinski definition) is 1. The Labute approximate surface area is 157 Å². The maximum atomic E-state index is 12.5. The summed E-state index contributed by atoms with van der Waals surface area (Å²) >= 11 is 1.45. The molecule has 3 heterocycles. The Morgan fingerprint density at radius 2 is 1.85 bits per heavy atom. The van der Waals surface area contributed by atoms with E-state index in [-0.39, 0.29) is 23.3 Å². The van der Waals surface area contributed by atoms with Crippen LogP contribution in [-0.4, -0.2) is 45.8 Å². The number of carbonyl (C=O) groups excluding carboxylic acids is 2. The van der Waals surface area contributed by atoms with Gasteiger partial charge in [-0.05, 0) is 25.0 Å². The van der Waals surface area contributed by atoms with E-state index in [1.165, 1.54) is 11.3 Å². The van der Waals surface area contributed by atoms with Crippen molar-refractivity contribution >= 4 is 23.2 Å². The number of rotatable bonds is 3. The third-order valence-corrected chi connectivity index (χ3v) is 5.84. The molecular formula is C19H24N4O2S. The van der Waals surface area contributed by atoms with Crippen LogP contribution in [0.3, 0.4) is 0 Å². The molecule has 0 aliphatic carbocycles. The highest BCUT2D eigenvalue weighted by Crippen LogP contribution is 2.27. The van der Waals surface area contributed by atoms with Gasteiger partial charge < -0.3 is 10.2 Å². The summed E-state index contributed by atoms with van der Waals surface area (Å²) in [6.07, 6.45) is 6.42. The molecule has 0 saturated carbocycles. The normalized spacial score (nSPS) is 15.7. The number of piperidine rings is 1. The zero-order valence-electron chi connectivity index (χ0n) is 15.4. The highest BCUT2D eigenvalue weighted by Gasteiger charge is 2.26. The van der Waals surface area contributed by atoms with Gasteiger partial charge in [0.05, 0.1) is 11.2 Å². The van der Waals surface area contributed by atoms with Crippen LogP contribution < -0.4 is 5.32 Å². The van der Waals surface area contributed by atoms with Gasteiger partial charge in [-0.2, -0.15) is 0 Å². The van der Waals surface area contributed by atoms with Crippen LogP contribution in [-0.2, 0) is 5.41 Å². The predicted octanol–water partition coefficient (Wildman–Crippen LogP) is 2.87. The smallest absolute Gasteiger partial charge is 0.263 e. The third-order valence-electron chi connectivity index (χ3n) is 4.42. The van der Waals surface area contributed by atoms with Crippen LogP contribution in [0.15, 0.2) is 30.7 Å². The van der Waals surface area contributed by atoms with Crippen LogP contribution in [0.5, 0.6) is 0 Å². The van der Waals surface area contributed by atoms with Crippen molar-refractivity contribution in [3.63, 3.8) is 0 Å². The molecule has 2 aromatic heterocycles. The Balaban J connectivity index is 1.53. The van der Waals surface area contributed by atoms with Crippen LogP contribution in [0, 0.1) is 0 Å². The van der Waals surface area contributed by atoms with Gasteiger partial charge in [0.25, 0.3) is 11.8 Å². The first-order valence-electron chi connectivity index (χ1n) is 8.81. The number of aromatic nitrogens is 2. The molecule has 0 aromatic carbocycles. The van der Waals surface area contributed by atoms with Gasteiger partial charge in [0.15, 0.2) is 0 Å². The quantitative estimate of drug-likeness (QED) is 0.899. The summed E-state index contributed by atoms with van der Waals surface area (Å²) < 4.78 is 0. The topological polar surface area (TPSA) is 75.2 Å². The van der Waals surface area contributed by atoms with Gasteiger partial charge in [-0.3, -0.25) is 14.6 Å². The largest absolute Gasteiger partial charge is 0.348 e. The van der Waals surface area contributed by atoms with Crippen molar-refractivity contribution in [3.05, 3.63) is 46.2 Å². The van der Waals surface area contributed by atoms with E-state index < -0.39 is 0 Å². The lowest BCUT2D eigenvalue weighted by molar-refractivity contribution is 0.0698. The van der Waals surface area contributed by atoms with E-state index in [1.807, 2.05) is 4.90 Å². The van der Waals surface area contributed by atoms with Crippen LogP contribution in [0.1, 0.15) is 58.7 Å². The molecule has 1 N–H and O–H groups in total. The molecule has 0 radical (unpaired) electrons. The summed E-state index contributed by atoms with van der Waals surface area (Å²) in [4.78, 5) is 35.7. The lowest BCUT2D eigenvalue weighted by atomic mass is 9.98. The van der Waals surface area contributed by atoms with Gasteiger partial charge in [-0.25, -0.2) is 4.98 Å². The van der Waals surface area contributed by atoms with Crippen LogP contribution in [0.25, 0.3) is 0 Å². The highest BCUT2D eigenvalue weighted by molar-refractivity contribution is 7.13. The minimum absolute atomic E-state index is 0.0226. The molecule has 1 aliphatic rings. The van der Waals surface area contributed by atoms with Crippen LogP contribution >= 0.6 is 11.3 Å². The second-order valence-electron chi connectivity index (χ2n) is 7.56. The Bertz CT molecular complexity index is 774. The van der Waals surface area contributed by atoms with Gasteiger partial charge in [-0.1, -0.05) is 20.8 Å². The standard InChI is InChI=1S/C19H24N4O2S/c1-19(2,3)18-21-12-15(26-18)16(24)22-14-6-10-23(11-7-14)17(25)13-4-8-20-9-5-13/h4-5,8-9,12,14H,6-7,10-11H2,1-3H3,(H,22,24). The highest BCUT2D eigenvalue weighted by atomic mass is 32.1. The summed E-state index contributed by atoms with van der Waals surface area (Å²) in [5.41, 5.74) is 0.601. The zero-order valence-corrected chi connectivity index (χ0v) is 16.2. The Morgan fingerprint density at radius 1 is 1.19 bits per heavy atom. The van der Waals surface area contributed by atoms with Crippen molar-refractivity contribution in [2.45, 2.75) is 45.1 Å². The molecule has 138 valence electrons. The molecule has 2 amide bonds. The monoisotopic (exact) mass is 372 g/mol. The van der Waals surface area contributed by atoms with Gasteiger partial charge in [0.2, 0.25) is 0 Å². The van der Waals surface area contributed by atoms with E-state index in [0.717, 1.165) is 17.8 Å². The third kappa shape index (κ3) is 4.27. The minimum atomic E-state index is -0.0723. The predicted molar refractivity (Wildman–Crippen MR) is 101 cm³/mol. The lowest BCUT2D eigenvalue weighted by Gasteiger charge is -2.32. The first-order chi connectivity index (χ1) is 12.3. The molecule has 3 rings (SSSR count). The molecule has 7 heteroatoms. The van der Waals surface area contributed by atoms with E-state index in [9.17, 15) is 9.59 Å². The fraction of sp³-hybridized carbons (Fsp3) is 0.474. The van der Waals surface area contributed by atoms with Crippen molar-refractivity contribution in [2.75, 3.05) is 13.1 Å². The zero-order chi connectivity index (χ0) is 18.7. The molecule has 0 unspecified atom stereocenters. The Morgan fingerprint density at radius 3 is 2.42 bits per heavy atom. The maximum absolute atomic E-state index is 12.5. The molecule has 6 nitrogen and oxygen atoms in total. The minimum Gasteiger partial charge on any atom is -0.348 e. The second-order valence-corrected chi connectivity index (χ2v) is 8.59. The molecule has 0 atom stereocenters. The molecule has 2 aromatic rings. The van der Waals surface area contributed by atoms with E-state index >= 15 is 0 Å². The van der Waals surface area contributed by atoms with Crippen LogP contribution in [0.2, 0.25) is 0 Å². The van der Waals surface area contributed by atoms with Crippen molar-refractivity contribution in [2.24, 2.45) is 0 Å². The van der Waals surface area contributed by atoms with Crippen molar-refractivity contribution in [3.8, 4) is 0 Å². The number of pyridine rings is 1. The number of amides is 2. The molecule has 26 heavy (non-hydrogen) atoms. The number of thiazole rings is 1. The van der Waals surface area contributed by atoms with Gasteiger partial charge in [0, 0.05) is 42.5 Å². The summed E-state index contributed by atoms with van der Waals surface area (Å²) in [7, 11) is 0. The molecular weight excluding hydrogens is 348 g/mol. The maximum Gasteiger partial charge on any atom is 0.263 e. The fourth-order valence-electron chi connectivity index (χ4n) is 2.89. The van der Waals surface area contributed by atoms with Gasteiger partial charge >= 0.3 is 0 Å². The molecule has 1 fully saturated rings. The fourth-order valence-corrected chi connectivity index (χ4v) is 3.76. The van der Waals surface area contributed by atoms with E-state index in [1.54, 1.807) is 30.7 Å². The van der Waals surface area contributed by atoms with E-state index in [2.05, 4.69) is 36.1 Å². The summed E-state index contributed by atoms with van der Waals surface area (Å²) in [6, 6.07) is 3.55. The number of likely N-dealkylation sites (tertiary alicyclic amines) is 1. The first-order valence-corrected chi connectivity index (χ1v) is 9.63. The summed E-state index contributed by atoms with van der Waals surface area (Å²) in [5.74, 6) is -0.0497. The average Bonchev–Trinajstić information content (AvgIpc) is 3.13. The second kappa shape index (κ2) is 7.53. The summed E-state index contributed by atoms with van der Waals surface area (Å²) in [6.45, 7) is 7.54. The number of carbonyl (C=O) groups is 2. The molecule has 0 bridgehead atoms. The van der Waals surface area contributed by atoms with E-state index in [0.29, 0.717) is 23.5 Å². The number of nitrogens with one attached hydrogen (secondary N) is 1. The number of nitrogens with zero attached hydrogens (tertiary/aromatic N) is 3. The van der Waals surface area contributed by atoms with Crippen molar-refractivity contribution < 1.29 is 9.59 Å². The van der Waals surface area contributed by atoms with Crippen molar-refractivity contribution in [1.82, 2.24) is 20.2 Å². The first kappa shape index (κ1) is 18.5. The molecule has 0 spiro atoms. The average molecular weight is 372 g/mol. The Kier molecular flexibility index (Phi) is 5.36. The summed E-state index contributed by atoms with van der Waals surface area (Å²) in [5, 5.41) is 4.04. The molecule has 1 saturated heterocycles. The lowest BCUT2D eigenvalue weighted by Crippen LogP contribution is -2.46. The SMILES string of the molecule is CC(C)(C)c1ncc(C(=O)NC2CCN(C(=O)c3ccncc3)CC2)s1. The Hall–Kier alpha value is -2.28. The molecule has 1 aliphatic heterocycles. The van der Waals surface area contributed by atoms with Gasteiger partial charge in [0.1, 0.15) is 4.88 Å². The van der Waals surface area contributed by atoms with Crippen molar-refractivity contribution in [1.29, 1.82) is 0 Å². The van der Waals surface area contributed by atoms with Crippen LogP contribution in [0.4, 0.5) is 0 Å².